The van der Waals surface area contributed by atoms with Crippen molar-refractivity contribution in [1.82, 2.24) is 15.0 Å². The molecule has 8 aromatic carbocycles. The highest BCUT2D eigenvalue weighted by atomic mass is 16.4. The van der Waals surface area contributed by atoms with Crippen LogP contribution in [0, 0.1) is 0 Å². The van der Waals surface area contributed by atoms with Gasteiger partial charge in [-0.05, 0) is 120 Å². The van der Waals surface area contributed by atoms with Crippen LogP contribution in [0.1, 0.15) is 0 Å². The Morgan fingerprint density at radius 1 is 0.310 bits per heavy atom. The summed E-state index contributed by atoms with van der Waals surface area (Å²) in [6.07, 6.45) is 0. The number of hydrogen-bond donors (Lipinski definition) is 0. The number of anilines is 3. The fraction of sp³-hybridized carbons (Fsp3) is 0. The quantitative estimate of drug-likeness (QED) is 0.153. The maximum Gasteiger partial charge on any atom is 0.227 e. The van der Waals surface area contributed by atoms with E-state index in [0.29, 0.717) is 17.7 Å². The number of benzene rings is 8. The second kappa shape index (κ2) is 13.9. The lowest BCUT2D eigenvalue weighted by Crippen LogP contribution is -2.09. The molecule has 0 amide bonds. The van der Waals surface area contributed by atoms with E-state index in [-0.39, 0.29) is 0 Å². The van der Waals surface area contributed by atoms with Gasteiger partial charge in [-0.15, -0.1) is 0 Å². The Kier molecular flexibility index (Phi) is 8.00. The number of fused-ring (bicyclic) bond motifs is 3. The zero-order valence-corrected chi connectivity index (χ0v) is 31.0. The molecule has 0 saturated heterocycles. The molecular formula is C51H32N4O3. The molecule has 0 saturated carbocycles. The van der Waals surface area contributed by atoms with Crippen molar-refractivity contribution in [2.24, 2.45) is 0 Å². The van der Waals surface area contributed by atoms with E-state index in [4.69, 9.17) is 28.2 Å². The Morgan fingerprint density at radius 2 is 0.776 bits per heavy atom. The number of rotatable bonds is 8. The predicted molar refractivity (Wildman–Crippen MR) is 231 cm³/mol. The molecule has 0 spiro atoms. The van der Waals surface area contributed by atoms with E-state index in [1.54, 1.807) is 0 Å². The summed E-state index contributed by atoms with van der Waals surface area (Å²) < 4.78 is 18.8. The van der Waals surface area contributed by atoms with Gasteiger partial charge < -0.3 is 18.2 Å². The van der Waals surface area contributed by atoms with Gasteiger partial charge in [0, 0.05) is 39.3 Å². The van der Waals surface area contributed by atoms with Crippen LogP contribution in [-0.2, 0) is 0 Å². The van der Waals surface area contributed by atoms with Crippen molar-refractivity contribution >= 4 is 50.4 Å². The first-order valence-electron chi connectivity index (χ1n) is 19.1. The summed E-state index contributed by atoms with van der Waals surface area (Å²) >= 11 is 0. The average molecular weight is 749 g/mol. The molecule has 58 heavy (non-hydrogen) atoms. The van der Waals surface area contributed by atoms with Gasteiger partial charge in [-0.1, -0.05) is 91.0 Å². The van der Waals surface area contributed by atoms with E-state index in [1.807, 2.05) is 91.0 Å². The summed E-state index contributed by atoms with van der Waals surface area (Å²) in [5.74, 6) is 1.72. The van der Waals surface area contributed by atoms with E-state index in [1.165, 1.54) is 0 Å². The SMILES string of the molecule is c1ccc(-c2ccc3oc(-c4ccc(N(c5ccc(-c6nc7ccccc7o6)cc5)c5ccc(-c6nc7cccc(-c8ccccc8)c7o6)cc5)cc4)nc3c2)cc1. The lowest BCUT2D eigenvalue weighted by molar-refractivity contribution is 0.619. The van der Waals surface area contributed by atoms with Crippen LogP contribution in [0.4, 0.5) is 17.1 Å². The molecular weight excluding hydrogens is 717 g/mol. The molecule has 0 atom stereocenters. The van der Waals surface area contributed by atoms with E-state index >= 15 is 0 Å². The molecule has 7 heteroatoms. The number of para-hydroxylation sites is 3. The number of oxazole rings is 3. The third-order valence-corrected chi connectivity index (χ3v) is 10.4. The summed E-state index contributed by atoms with van der Waals surface area (Å²) in [5, 5.41) is 0. The van der Waals surface area contributed by atoms with Crippen LogP contribution < -0.4 is 4.90 Å². The smallest absolute Gasteiger partial charge is 0.227 e. The first kappa shape index (κ1) is 33.3. The van der Waals surface area contributed by atoms with Gasteiger partial charge in [0.1, 0.15) is 16.6 Å². The van der Waals surface area contributed by atoms with Crippen LogP contribution in [0.15, 0.2) is 207 Å². The maximum atomic E-state index is 6.44. The number of aromatic nitrogens is 3. The van der Waals surface area contributed by atoms with Crippen molar-refractivity contribution in [3.8, 4) is 56.6 Å². The molecule has 0 aliphatic carbocycles. The molecule has 0 unspecified atom stereocenters. The molecule has 3 heterocycles. The van der Waals surface area contributed by atoms with Crippen molar-refractivity contribution in [1.29, 1.82) is 0 Å². The molecule has 0 bridgehead atoms. The van der Waals surface area contributed by atoms with Crippen molar-refractivity contribution < 1.29 is 13.3 Å². The van der Waals surface area contributed by atoms with Crippen LogP contribution >= 0.6 is 0 Å². The van der Waals surface area contributed by atoms with E-state index < -0.39 is 0 Å². The number of hydrogen-bond acceptors (Lipinski definition) is 7. The molecule has 0 aliphatic rings. The Balaban J connectivity index is 0.943. The molecule has 11 aromatic rings. The Labute approximate surface area is 333 Å². The normalized spacial score (nSPS) is 11.4. The molecule has 7 nitrogen and oxygen atoms in total. The van der Waals surface area contributed by atoms with Gasteiger partial charge in [-0.2, -0.15) is 0 Å². The van der Waals surface area contributed by atoms with Gasteiger partial charge in [0.2, 0.25) is 17.7 Å². The highest BCUT2D eigenvalue weighted by molar-refractivity contribution is 5.92. The first-order valence-corrected chi connectivity index (χ1v) is 19.1. The largest absolute Gasteiger partial charge is 0.436 e. The van der Waals surface area contributed by atoms with Crippen molar-refractivity contribution in [3.05, 3.63) is 194 Å². The Hall–Kier alpha value is -8.03. The monoisotopic (exact) mass is 748 g/mol. The minimum Gasteiger partial charge on any atom is -0.436 e. The maximum absolute atomic E-state index is 6.44. The van der Waals surface area contributed by atoms with Gasteiger partial charge in [-0.25, -0.2) is 15.0 Å². The van der Waals surface area contributed by atoms with Crippen LogP contribution in [-0.4, -0.2) is 15.0 Å². The average Bonchev–Trinajstić information content (AvgIpc) is 4.05. The summed E-state index contributed by atoms with van der Waals surface area (Å²) in [7, 11) is 0. The zero-order chi connectivity index (χ0) is 38.4. The Bertz CT molecular complexity index is 3170. The first-order chi connectivity index (χ1) is 28.7. The van der Waals surface area contributed by atoms with E-state index in [0.717, 1.165) is 89.3 Å². The lowest BCUT2D eigenvalue weighted by Gasteiger charge is -2.26. The molecule has 0 aliphatic heterocycles. The standard InChI is InChI=1S/C51H32N4O3/c1-3-10-33(11-4-1)38-24-31-47-45(32-38)54-50(57-47)36-20-27-40(28-21-36)55(39-25-18-35(19-26-39)49-52-43-15-7-8-17-46(43)56-49)41-29-22-37(23-30-41)51-53-44-16-9-14-42(48(44)58-51)34-12-5-2-6-13-34/h1-32H. The molecule has 3 aromatic heterocycles. The van der Waals surface area contributed by atoms with Gasteiger partial charge in [-0.3, -0.25) is 0 Å². The van der Waals surface area contributed by atoms with Gasteiger partial charge in [0.05, 0.1) is 0 Å². The lowest BCUT2D eigenvalue weighted by atomic mass is 10.1. The van der Waals surface area contributed by atoms with E-state index in [9.17, 15) is 0 Å². The van der Waals surface area contributed by atoms with Crippen LogP contribution in [0.25, 0.3) is 89.9 Å². The van der Waals surface area contributed by atoms with Crippen molar-refractivity contribution in [3.63, 3.8) is 0 Å². The summed E-state index contributed by atoms with van der Waals surface area (Å²) in [6, 6.07) is 65.4. The highest BCUT2D eigenvalue weighted by Gasteiger charge is 2.18. The van der Waals surface area contributed by atoms with E-state index in [2.05, 4.69) is 108 Å². The second-order valence-electron chi connectivity index (χ2n) is 14.1. The summed E-state index contributed by atoms with van der Waals surface area (Å²) in [6.45, 7) is 0. The second-order valence-corrected chi connectivity index (χ2v) is 14.1. The molecule has 0 radical (unpaired) electrons. The van der Waals surface area contributed by atoms with Crippen molar-refractivity contribution in [2.75, 3.05) is 4.90 Å². The van der Waals surface area contributed by atoms with Gasteiger partial charge in [0.25, 0.3) is 0 Å². The minimum atomic E-state index is 0.567. The zero-order valence-electron chi connectivity index (χ0n) is 31.0. The Morgan fingerprint density at radius 3 is 1.38 bits per heavy atom. The fourth-order valence-corrected chi connectivity index (χ4v) is 7.48. The van der Waals surface area contributed by atoms with Crippen LogP contribution in [0.2, 0.25) is 0 Å². The fourth-order valence-electron chi connectivity index (χ4n) is 7.48. The molecule has 11 rings (SSSR count). The van der Waals surface area contributed by atoms with Gasteiger partial charge in [0.15, 0.2) is 16.7 Å². The molecule has 0 N–H and O–H groups in total. The molecule has 0 fully saturated rings. The third-order valence-electron chi connectivity index (χ3n) is 10.4. The van der Waals surface area contributed by atoms with Gasteiger partial charge >= 0.3 is 0 Å². The topological polar surface area (TPSA) is 81.3 Å². The predicted octanol–water partition coefficient (Wildman–Crippen LogP) is 13.9. The van der Waals surface area contributed by atoms with Crippen LogP contribution in [0.5, 0.6) is 0 Å². The highest BCUT2D eigenvalue weighted by Crippen LogP contribution is 2.39. The number of nitrogens with zero attached hydrogens (tertiary/aromatic N) is 4. The third kappa shape index (κ3) is 6.08. The molecule has 274 valence electrons. The minimum absolute atomic E-state index is 0.567. The summed E-state index contributed by atoms with van der Waals surface area (Å²) in [4.78, 5) is 16.7. The van der Waals surface area contributed by atoms with Crippen molar-refractivity contribution in [2.45, 2.75) is 0 Å². The summed E-state index contributed by atoms with van der Waals surface area (Å²) in [5.41, 5.74) is 14.6. The van der Waals surface area contributed by atoms with Crippen LogP contribution in [0.3, 0.4) is 0 Å².